The van der Waals surface area contributed by atoms with E-state index in [-0.39, 0.29) is 11.9 Å². The standard InChI is InChI=1S/C13H22N4OS/c1-3-6-15-13-16-8-10(19-13)9-17-7-4-5-11(17)12(18)14-2/h8,11H,3-7,9H2,1-2H3,(H,14,18)(H,15,16). The molecule has 0 spiro atoms. The van der Waals surface area contributed by atoms with Gasteiger partial charge in [0.2, 0.25) is 5.91 Å². The number of thiazole rings is 1. The monoisotopic (exact) mass is 282 g/mol. The molecule has 1 saturated heterocycles. The number of amides is 1. The summed E-state index contributed by atoms with van der Waals surface area (Å²) in [6, 6.07) is 0.0270. The van der Waals surface area contributed by atoms with Crippen LogP contribution in [0.15, 0.2) is 6.20 Å². The highest BCUT2D eigenvalue weighted by Crippen LogP contribution is 2.24. The fourth-order valence-electron chi connectivity index (χ4n) is 2.37. The fraction of sp³-hybridized carbons (Fsp3) is 0.692. The van der Waals surface area contributed by atoms with Gasteiger partial charge in [0.15, 0.2) is 5.13 Å². The molecule has 2 rings (SSSR count). The van der Waals surface area contributed by atoms with Crippen LogP contribution in [0, 0.1) is 0 Å². The van der Waals surface area contributed by atoms with Crippen LogP contribution in [0.1, 0.15) is 31.1 Å². The smallest absolute Gasteiger partial charge is 0.237 e. The molecule has 1 atom stereocenters. The first kappa shape index (κ1) is 14.3. The van der Waals surface area contributed by atoms with Crippen molar-refractivity contribution in [1.29, 1.82) is 0 Å². The number of likely N-dealkylation sites (N-methyl/N-ethyl adjacent to an activating group) is 1. The number of carbonyl (C=O) groups is 1. The van der Waals surface area contributed by atoms with Gasteiger partial charge in [-0.2, -0.15) is 0 Å². The van der Waals surface area contributed by atoms with Gasteiger partial charge in [-0.1, -0.05) is 6.92 Å². The normalized spacial score (nSPS) is 19.6. The number of anilines is 1. The van der Waals surface area contributed by atoms with Crippen molar-refractivity contribution in [2.24, 2.45) is 0 Å². The van der Waals surface area contributed by atoms with Crippen molar-refractivity contribution < 1.29 is 4.79 Å². The van der Waals surface area contributed by atoms with E-state index in [0.717, 1.165) is 44.0 Å². The summed E-state index contributed by atoms with van der Waals surface area (Å²) in [7, 11) is 1.71. The van der Waals surface area contributed by atoms with Crippen molar-refractivity contribution in [3.8, 4) is 0 Å². The maximum absolute atomic E-state index is 11.8. The lowest BCUT2D eigenvalue weighted by molar-refractivity contribution is -0.125. The molecule has 1 aliphatic heterocycles. The summed E-state index contributed by atoms with van der Waals surface area (Å²) < 4.78 is 0. The lowest BCUT2D eigenvalue weighted by Gasteiger charge is -2.21. The third kappa shape index (κ3) is 3.67. The number of hydrogen-bond acceptors (Lipinski definition) is 5. The molecule has 0 saturated carbocycles. The molecule has 1 fully saturated rings. The molecule has 0 radical (unpaired) electrons. The number of nitrogens with one attached hydrogen (secondary N) is 2. The predicted molar refractivity (Wildman–Crippen MR) is 78.4 cm³/mol. The minimum absolute atomic E-state index is 0.0270. The highest BCUT2D eigenvalue weighted by Gasteiger charge is 2.30. The second-order valence-electron chi connectivity index (χ2n) is 4.80. The van der Waals surface area contributed by atoms with Crippen LogP contribution in [0.25, 0.3) is 0 Å². The van der Waals surface area contributed by atoms with Crippen LogP contribution in [0.4, 0.5) is 5.13 Å². The van der Waals surface area contributed by atoms with Gasteiger partial charge in [-0.15, -0.1) is 11.3 Å². The summed E-state index contributed by atoms with van der Waals surface area (Å²) in [5.74, 6) is 0.131. The maximum atomic E-state index is 11.8. The summed E-state index contributed by atoms with van der Waals surface area (Å²) in [5, 5.41) is 7.02. The molecule has 0 aliphatic carbocycles. The lowest BCUT2D eigenvalue weighted by Crippen LogP contribution is -2.41. The minimum atomic E-state index is 0.0270. The molecular formula is C13H22N4OS. The summed E-state index contributed by atoms with van der Waals surface area (Å²) in [6.45, 7) is 4.91. The van der Waals surface area contributed by atoms with E-state index >= 15 is 0 Å². The predicted octanol–water partition coefficient (Wildman–Crippen LogP) is 1.68. The maximum Gasteiger partial charge on any atom is 0.237 e. The zero-order valence-corrected chi connectivity index (χ0v) is 12.4. The number of rotatable bonds is 6. The molecule has 1 aromatic heterocycles. The van der Waals surface area contributed by atoms with Crippen molar-refractivity contribution in [1.82, 2.24) is 15.2 Å². The molecular weight excluding hydrogens is 260 g/mol. The Bertz CT molecular complexity index is 421. The summed E-state index contributed by atoms with van der Waals surface area (Å²) in [5.41, 5.74) is 0. The fourth-order valence-corrected chi connectivity index (χ4v) is 3.24. The molecule has 6 heteroatoms. The summed E-state index contributed by atoms with van der Waals surface area (Å²) in [6.07, 6.45) is 5.07. The first-order valence-electron chi connectivity index (χ1n) is 6.88. The van der Waals surface area contributed by atoms with Gasteiger partial charge in [0.05, 0.1) is 6.04 Å². The van der Waals surface area contributed by atoms with Crippen LogP contribution < -0.4 is 10.6 Å². The van der Waals surface area contributed by atoms with Crippen LogP contribution in [-0.2, 0) is 11.3 Å². The topological polar surface area (TPSA) is 57.3 Å². The highest BCUT2D eigenvalue weighted by molar-refractivity contribution is 7.15. The SMILES string of the molecule is CCCNc1ncc(CN2CCCC2C(=O)NC)s1. The van der Waals surface area contributed by atoms with E-state index in [4.69, 9.17) is 0 Å². The van der Waals surface area contributed by atoms with Crippen LogP contribution in [-0.4, -0.2) is 42.0 Å². The van der Waals surface area contributed by atoms with Crippen molar-refractivity contribution in [3.05, 3.63) is 11.1 Å². The molecule has 1 amide bonds. The van der Waals surface area contributed by atoms with E-state index in [9.17, 15) is 4.79 Å². The first-order chi connectivity index (χ1) is 9.24. The Labute approximate surface area is 118 Å². The van der Waals surface area contributed by atoms with Crippen molar-refractivity contribution in [2.45, 2.75) is 38.8 Å². The Kier molecular flexibility index (Phi) is 5.15. The quantitative estimate of drug-likeness (QED) is 0.833. The van der Waals surface area contributed by atoms with Crippen molar-refractivity contribution >= 4 is 22.4 Å². The third-order valence-electron chi connectivity index (χ3n) is 3.35. The molecule has 2 heterocycles. The zero-order valence-electron chi connectivity index (χ0n) is 11.6. The number of likely N-dealkylation sites (tertiary alicyclic amines) is 1. The molecule has 5 nitrogen and oxygen atoms in total. The molecule has 19 heavy (non-hydrogen) atoms. The molecule has 0 aromatic carbocycles. The van der Waals surface area contributed by atoms with E-state index in [1.807, 2.05) is 6.20 Å². The van der Waals surface area contributed by atoms with E-state index in [0.29, 0.717) is 0 Å². The molecule has 1 aromatic rings. The van der Waals surface area contributed by atoms with E-state index in [1.165, 1.54) is 4.88 Å². The van der Waals surface area contributed by atoms with Crippen molar-refractivity contribution in [3.63, 3.8) is 0 Å². The van der Waals surface area contributed by atoms with Gasteiger partial charge in [0.25, 0.3) is 0 Å². The summed E-state index contributed by atoms with van der Waals surface area (Å²) >= 11 is 1.69. The highest BCUT2D eigenvalue weighted by atomic mass is 32.1. The number of aromatic nitrogens is 1. The Morgan fingerprint density at radius 3 is 3.21 bits per heavy atom. The number of carbonyl (C=O) groups excluding carboxylic acids is 1. The van der Waals surface area contributed by atoms with Crippen molar-refractivity contribution in [2.75, 3.05) is 25.5 Å². The average Bonchev–Trinajstić information content (AvgIpc) is 3.05. The second-order valence-corrected chi connectivity index (χ2v) is 5.92. The zero-order chi connectivity index (χ0) is 13.7. The van der Waals surface area contributed by atoms with Gasteiger partial charge in [-0.25, -0.2) is 4.98 Å². The Morgan fingerprint density at radius 1 is 1.63 bits per heavy atom. The Hall–Kier alpha value is -1.14. The van der Waals surface area contributed by atoms with Crippen LogP contribution in [0.2, 0.25) is 0 Å². The summed E-state index contributed by atoms with van der Waals surface area (Å²) in [4.78, 5) is 19.6. The van der Waals surface area contributed by atoms with Gasteiger partial charge in [-0.05, 0) is 25.8 Å². The third-order valence-corrected chi connectivity index (χ3v) is 4.29. The second kappa shape index (κ2) is 6.86. The van der Waals surface area contributed by atoms with Crippen LogP contribution in [0.5, 0.6) is 0 Å². The lowest BCUT2D eigenvalue weighted by atomic mass is 10.2. The van der Waals surface area contributed by atoms with E-state index in [2.05, 4.69) is 27.4 Å². The van der Waals surface area contributed by atoms with E-state index < -0.39 is 0 Å². The largest absolute Gasteiger partial charge is 0.362 e. The average molecular weight is 282 g/mol. The van der Waals surface area contributed by atoms with Gasteiger partial charge in [-0.3, -0.25) is 9.69 Å². The molecule has 1 aliphatic rings. The molecule has 1 unspecified atom stereocenters. The van der Waals surface area contributed by atoms with Gasteiger partial charge in [0, 0.05) is 31.2 Å². The van der Waals surface area contributed by atoms with Gasteiger partial charge in [0.1, 0.15) is 0 Å². The van der Waals surface area contributed by atoms with Crippen LogP contribution in [0.3, 0.4) is 0 Å². The number of nitrogens with zero attached hydrogens (tertiary/aromatic N) is 2. The van der Waals surface area contributed by atoms with Gasteiger partial charge >= 0.3 is 0 Å². The molecule has 2 N–H and O–H groups in total. The number of hydrogen-bond donors (Lipinski definition) is 2. The minimum Gasteiger partial charge on any atom is -0.362 e. The van der Waals surface area contributed by atoms with Crippen LogP contribution >= 0.6 is 11.3 Å². The molecule has 0 bridgehead atoms. The Balaban J connectivity index is 1.92. The molecule has 106 valence electrons. The van der Waals surface area contributed by atoms with Gasteiger partial charge < -0.3 is 10.6 Å². The van der Waals surface area contributed by atoms with E-state index in [1.54, 1.807) is 18.4 Å². The Morgan fingerprint density at radius 2 is 2.47 bits per heavy atom. The first-order valence-corrected chi connectivity index (χ1v) is 7.70.